The van der Waals surface area contributed by atoms with Gasteiger partial charge in [-0.05, 0) is 38.5 Å². The van der Waals surface area contributed by atoms with Crippen molar-refractivity contribution in [2.45, 2.75) is 43.7 Å². The van der Waals surface area contributed by atoms with Crippen LogP contribution in [0.25, 0.3) is 0 Å². The average molecular weight is 400 g/mol. The molecule has 0 aromatic carbocycles. The number of halogens is 3. The van der Waals surface area contributed by atoms with Crippen LogP contribution in [0.4, 0.5) is 13.2 Å². The maximum atomic E-state index is 12.6. The van der Waals surface area contributed by atoms with E-state index in [1.54, 1.807) is 7.05 Å². The quantitative estimate of drug-likeness (QED) is 0.537. The van der Waals surface area contributed by atoms with Crippen LogP contribution in [0.5, 0.6) is 0 Å². The first kappa shape index (κ1) is 21.2. The summed E-state index contributed by atoms with van der Waals surface area (Å²) < 4.78 is 66.8. The first-order chi connectivity index (χ1) is 12.1. The van der Waals surface area contributed by atoms with Gasteiger partial charge in [-0.15, -0.1) is 0 Å². The second-order valence-electron chi connectivity index (χ2n) is 7.00. The maximum absolute atomic E-state index is 12.6. The van der Waals surface area contributed by atoms with Gasteiger partial charge in [-0.25, -0.2) is 8.42 Å². The predicted molar refractivity (Wildman–Crippen MR) is 92.2 cm³/mol. The molecule has 0 spiro atoms. The third-order valence-electron chi connectivity index (χ3n) is 4.92. The first-order valence-electron chi connectivity index (χ1n) is 8.72. The fraction of sp³-hybridized carbons (Fsp3) is 0.933. The van der Waals surface area contributed by atoms with Gasteiger partial charge in [0.05, 0.1) is 5.60 Å². The van der Waals surface area contributed by atoms with E-state index in [2.05, 4.69) is 15.6 Å². The van der Waals surface area contributed by atoms with Crippen molar-refractivity contribution in [2.75, 3.05) is 39.8 Å². The number of rotatable bonds is 5. The molecule has 0 amide bonds. The van der Waals surface area contributed by atoms with Crippen molar-refractivity contribution in [3.63, 3.8) is 0 Å². The highest BCUT2D eigenvalue weighted by atomic mass is 32.2. The van der Waals surface area contributed by atoms with Crippen LogP contribution in [0.2, 0.25) is 0 Å². The summed E-state index contributed by atoms with van der Waals surface area (Å²) in [7, 11) is -3.58. The van der Waals surface area contributed by atoms with Crippen molar-refractivity contribution < 1.29 is 26.3 Å². The maximum Gasteiger partial charge on any atom is 0.511 e. The number of guanidine groups is 1. The Bertz CT molecular complexity index is 596. The monoisotopic (exact) mass is 400 g/mol. The van der Waals surface area contributed by atoms with Gasteiger partial charge in [0.2, 0.25) is 0 Å². The molecule has 2 rings (SSSR count). The number of nitrogens with zero attached hydrogens (tertiary/aromatic N) is 2. The van der Waals surface area contributed by atoms with E-state index >= 15 is 0 Å². The van der Waals surface area contributed by atoms with Gasteiger partial charge in [0.15, 0.2) is 5.96 Å². The highest BCUT2D eigenvalue weighted by Gasteiger charge is 2.50. The van der Waals surface area contributed by atoms with E-state index < -0.39 is 15.5 Å². The minimum Gasteiger partial charge on any atom is -0.373 e. The van der Waals surface area contributed by atoms with Crippen molar-refractivity contribution in [3.8, 4) is 0 Å². The highest BCUT2D eigenvalue weighted by Crippen LogP contribution is 2.30. The van der Waals surface area contributed by atoms with Crippen LogP contribution in [-0.4, -0.2) is 69.6 Å². The Hall–Kier alpha value is -1.07. The van der Waals surface area contributed by atoms with E-state index in [9.17, 15) is 21.6 Å². The molecule has 0 saturated carbocycles. The highest BCUT2D eigenvalue weighted by molar-refractivity contribution is 7.90. The topological polar surface area (TPSA) is 83.0 Å². The third-order valence-corrected chi connectivity index (χ3v) is 6.55. The molecule has 2 aliphatic heterocycles. The van der Waals surface area contributed by atoms with Gasteiger partial charge in [-0.3, -0.25) is 4.99 Å². The van der Waals surface area contributed by atoms with Gasteiger partial charge in [0.25, 0.3) is 0 Å². The molecular weight excluding hydrogens is 373 g/mol. The summed E-state index contributed by atoms with van der Waals surface area (Å²) in [5, 5.41) is 6.36. The Morgan fingerprint density at radius 2 is 1.96 bits per heavy atom. The predicted octanol–water partition coefficient (Wildman–Crippen LogP) is 1.28. The number of hydrogen-bond acceptors (Lipinski definition) is 4. The smallest absolute Gasteiger partial charge is 0.373 e. The lowest BCUT2D eigenvalue weighted by Gasteiger charge is -2.32. The second-order valence-corrected chi connectivity index (χ2v) is 8.93. The molecule has 7 nitrogen and oxygen atoms in total. The van der Waals surface area contributed by atoms with E-state index in [1.165, 1.54) is 0 Å². The van der Waals surface area contributed by atoms with Crippen LogP contribution in [0.15, 0.2) is 4.99 Å². The molecule has 1 atom stereocenters. The summed E-state index contributed by atoms with van der Waals surface area (Å²) in [5.74, 6) is 0.693. The van der Waals surface area contributed by atoms with Crippen LogP contribution in [0.3, 0.4) is 0 Å². The van der Waals surface area contributed by atoms with Gasteiger partial charge >= 0.3 is 15.5 Å². The van der Waals surface area contributed by atoms with Gasteiger partial charge in [0, 0.05) is 39.8 Å². The molecule has 152 valence electrons. The third kappa shape index (κ3) is 5.23. The average Bonchev–Trinajstić information content (AvgIpc) is 3.01. The van der Waals surface area contributed by atoms with Crippen LogP contribution in [0, 0.1) is 5.92 Å². The summed E-state index contributed by atoms with van der Waals surface area (Å²) in [6.45, 7) is 3.70. The van der Waals surface area contributed by atoms with Crippen molar-refractivity contribution in [1.82, 2.24) is 14.9 Å². The number of aliphatic imine (C=N–C) groups is 1. The number of ether oxygens (including phenoxy) is 1. The molecule has 1 unspecified atom stereocenters. The molecule has 0 aromatic heterocycles. The van der Waals surface area contributed by atoms with E-state index in [4.69, 9.17) is 4.74 Å². The molecule has 2 aliphatic rings. The SMILES string of the molecule is CN=C(NCC1CCN(S(=O)(=O)C(F)(F)F)CC1)NCC1(C)CCCO1. The molecule has 0 radical (unpaired) electrons. The zero-order chi connectivity index (χ0) is 19.4. The van der Waals surface area contributed by atoms with Crippen molar-refractivity contribution in [2.24, 2.45) is 10.9 Å². The molecule has 2 N–H and O–H groups in total. The summed E-state index contributed by atoms with van der Waals surface area (Å²) >= 11 is 0. The Labute approximate surface area is 152 Å². The number of alkyl halides is 3. The standard InChI is InChI=1S/C15H27F3N4O3S/c1-14(6-3-9-25-14)11-21-13(19-2)20-10-12-4-7-22(8-5-12)26(23,24)15(16,17)18/h12H,3-11H2,1-2H3,(H2,19,20,21). The Kier molecular flexibility index (Phi) is 6.78. The fourth-order valence-corrected chi connectivity index (χ4v) is 4.19. The van der Waals surface area contributed by atoms with Gasteiger partial charge in [-0.1, -0.05) is 0 Å². The molecule has 26 heavy (non-hydrogen) atoms. The van der Waals surface area contributed by atoms with Crippen molar-refractivity contribution in [1.29, 1.82) is 0 Å². The first-order valence-corrected chi connectivity index (χ1v) is 10.2. The van der Waals surface area contributed by atoms with Gasteiger partial charge in [0.1, 0.15) is 0 Å². The van der Waals surface area contributed by atoms with E-state index in [0.717, 1.165) is 19.4 Å². The van der Waals surface area contributed by atoms with E-state index in [0.29, 0.717) is 36.2 Å². The number of nitrogens with one attached hydrogen (secondary N) is 2. The molecule has 0 aliphatic carbocycles. The number of hydrogen-bond donors (Lipinski definition) is 2. The molecule has 2 heterocycles. The minimum absolute atomic E-state index is 0.0894. The van der Waals surface area contributed by atoms with Crippen LogP contribution in [-0.2, 0) is 14.8 Å². The lowest BCUT2D eigenvalue weighted by Crippen LogP contribution is -2.49. The van der Waals surface area contributed by atoms with Crippen molar-refractivity contribution in [3.05, 3.63) is 0 Å². The second kappa shape index (κ2) is 8.30. The normalized spacial score (nSPS) is 26.9. The number of piperidine rings is 1. The molecule has 11 heteroatoms. The van der Waals surface area contributed by atoms with E-state index in [-0.39, 0.29) is 24.6 Å². The minimum atomic E-state index is -5.23. The number of sulfonamides is 1. The van der Waals surface area contributed by atoms with Gasteiger partial charge < -0.3 is 15.4 Å². The lowest BCUT2D eigenvalue weighted by molar-refractivity contribution is -0.0496. The Morgan fingerprint density at radius 3 is 2.46 bits per heavy atom. The molecule has 2 fully saturated rings. The van der Waals surface area contributed by atoms with Crippen LogP contribution < -0.4 is 10.6 Å². The van der Waals surface area contributed by atoms with E-state index in [1.807, 2.05) is 6.92 Å². The largest absolute Gasteiger partial charge is 0.511 e. The Morgan fingerprint density at radius 1 is 1.31 bits per heavy atom. The van der Waals surface area contributed by atoms with Crippen molar-refractivity contribution >= 4 is 16.0 Å². The zero-order valence-electron chi connectivity index (χ0n) is 15.1. The molecule has 0 bridgehead atoms. The summed E-state index contributed by atoms with van der Waals surface area (Å²) in [4.78, 5) is 4.13. The molecular formula is C15H27F3N4O3S. The van der Waals surface area contributed by atoms with Crippen LogP contribution >= 0.6 is 0 Å². The lowest BCUT2D eigenvalue weighted by atomic mass is 9.98. The zero-order valence-corrected chi connectivity index (χ0v) is 15.9. The molecule has 0 aromatic rings. The summed E-state index contributed by atoms with van der Waals surface area (Å²) in [6.07, 6.45) is 2.76. The summed E-state index contributed by atoms with van der Waals surface area (Å²) in [5.41, 5.74) is -5.45. The summed E-state index contributed by atoms with van der Waals surface area (Å²) in [6, 6.07) is 0. The van der Waals surface area contributed by atoms with Gasteiger partial charge in [-0.2, -0.15) is 17.5 Å². The molecule has 2 saturated heterocycles. The fourth-order valence-electron chi connectivity index (χ4n) is 3.21. The van der Waals surface area contributed by atoms with Crippen LogP contribution in [0.1, 0.15) is 32.6 Å². The Balaban J connectivity index is 1.75.